The van der Waals surface area contributed by atoms with Crippen molar-refractivity contribution in [1.82, 2.24) is 4.98 Å². The average molecular weight is 422 g/mol. The first-order valence-corrected chi connectivity index (χ1v) is 9.78. The SMILES string of the molecule is N#Cc1c(-c2ccc(OCc3ccccc3)cc2)cc(-c2ccc([N+](=O)[O-])cc2)nc1N. The number of nitrogens with two attached hydrogens (primary N) is 1. The number of nitro groups is 1. The second-order valence-corrected chi connectivity index (χ2v) is 7.03. The predicted octanol–water partition coefficient (Wildman–Crippen LogP) is 5.36. The molecule has 0 aliphatic carbocycles. The number of nitrogen functional groups attached to an aromatic ring is 1. The molecule has 2 N–H and O–H groups in total. The van der Waals surface area contributed by atoms with Gasteiger partial charge >= 0.3 is 0 Å². The highest BCUT2D eigenvalue weighted by Gasteiger charge is 2.14. The van der Waals surface area contributed by atoms with Crippen LogP contribution in [-0.4, -0.2) is 9.91 Å². The summed E-state index contributed by atoms with van der Waals surface area (Å²) in [5, 5.41) is 20.5. The van der Waals surface area contributed by atoms with E-state index in [9.17, 15) is 15.4 Å². The molecule has 32 heavy (non-hydrogen) atoms. The van der Waals surface area contributed by atoms with Gasteiger partial charge in [-0.05, 0) is 41.5 Å². The van der Waals surface area contributed by atoms with Crippen LogP contribution in [0.3, 0.4) is 0 Å². The number of anilines is 1. The van der Waals surface area contributed by atoms with Crippen molar-refractivity contribution in [3.8, 4) is 34.2 Å². The first kappa shape index (κ1) is 20.6. The van der Waals surface area contributed by atoms with Gasteiger partial charge in [0.05, 0.1) is 10.6 Å². The standard InChI is InChI=1S/C25H18N4O3/c26-15-23-22(14-24(28-25(23)27)19-6-10-20(11-7-19)29(30)31)18-8-12-21(13-9-18)32-16-17-4-2-1-3-5-17/h1-14H,16H2,(H2,27,28). The number of hydrogen-bond donors (Lipinski definition) is 1. The zero-order chi connectivity index (χ0) is 22.5. The van der Waals surface area contributed by atoms with Crippen LogP contribution in [0.5, 0.6) is 5.75 Å². The third-order valence-electron chi connectivity index (χ3n) is 4.95. The lowest BCUT2D eigenvalue weighted by molar-refractivity contribution is -0.384. The van der Waals surface area contributed by atoms with E-state index in [0.29, 0.717) is 29.2 Å². The number of rotatable bonds is 6. The zero-order valence-electron chi connectivity index (χ0n) is 16.9. The summed E-state index contributed by atoms with van der Waals surface area (Å²) in [6.07, 6.45) is 0. The lowest BCUT2D eigenvalue weighted by atomic mass is 9.98. The van der Waals surface area contributed by atoms with E-state index in [4.69, 9.17) is 10.5 Å². The number of ether oxygens (including phenoxy) is 1. The van der Waals surface area contributed by atoms with Crippen LogP contribution in [0.1, 0.15) is 11.1 Å². The molecule has 7 nitrogen and oxygen atoms in total. The van der Waals surface area contributed by atoms with E-state index in [2.05, 4.69) is 11.1 Å². The first-order valence-electron chi connectivity index (χ1n) is 9.78. The van der Waals surface area contributed by atoms with Crippen molar-refractivity contribution >= 4 is 11.5 Å². The summed E-state index contributed by atoms with van der Waals surface area (Å²) in [4.78, 5) is 14.8. The lowest BCUT2D eigenvalue weighted by Crippen LogP contribution is -2.00. The molecular weight excluding hydrogens is 404 g/mol. The topological polar surface area (TPSA) is 115 Å². The Kier molecular flexibility index (Phi) is 5.77. The molecule has 0 aliphatic rings. The molecule has 4 aromatic rings. The molecule has 0 saturated carbocycles. The minimum absolute atomic E-state index is 0.0123. The van der Waals surface area contributed by atoms with Gasteiger partial charge in [-0.1, -0.05) is 42.5 Å². The van der Waals surface area contributed by atoms with Crippen LogP contribution in [0.15, 0.2) is 84.9 Å². The highest BCUT2D eigenvalue weighted by Crippen LogP contribution is 2.32. The van der Waals surface area contributed by atoms with E-state index in [1.807, 2.05) is 54.6 Å². The predicted molar refractivity (Wildman–Crippen MR) is 122 cm³/mol. The highest BCUT2D eigenvalue weighted by molar-refractivity contribution is 5.80. The van der Waals surface area contributed by atoms with Crippen LogP contribution in [0.25, 0.3) is 22.4 Å². The molecule has 0 radical (unpaired) electrons. The van der Waals surface area contributed by atoms with Crippen LogP contribution in [0, 0.1) is 21.4 Å². The minimum atomic E-state index is -0.461. The Morgan fingerprint density at radius 1 is 0.969 bits per heavy atom. The number of pyridine rings is 1. The van der Waals surface area contributed by atoms with Gasteiger partial charge in [0.1, 0.15) is 29.8 Å². The molecule has 7 heteroatoms. The van der Waals surface area contributed by atoms with Gasteiger partial charge in [0.25, 0.3) is 5.69 Å². The van der Waals surface area contributed by atoms with Crippen LogP contribution in [0.2, 0.25) is 0 Å². The van der Waals surface area contributed by atoms with Gasteiger partial charge < -0.3 is 10.5 Å². The second-order valence-electron chi connectivity index (χ2n) is 7.03. The Bertz CT molecular complexity index is 1300. The number of nitro benzene ring substituents is 1. The van der Waals surface area contributed by atoms with E-state index in [0.717, 1.165) is 11.1 Å². The molecule has 3 aromatic carbocycles. The summed E-state index contributed by atoms with van der Waals surface area (Å²) in [6, 6.07) is 27.2. The molecule has 1 heterocycles. The molecule has 0 spiro atoms. The maximum atomic E-state index is 10.9. The van der Waals surface area contributed by atoms with Crippen molar-refractivity contribution in [3.05, 3.63) is 106 Å². The second kappa shape index (κ2) is 8.98. The summed E-state index contributed by atoms with van der Waals surface area (Å²) in [7, 11) is 0. The van der Waals surface area contributed by atoms with Gasteiger partial charge in [-0.3, -0.25) is 10.1 Å². The average Bonchev–Trinajstić information content (AvgIpc) is 2.83. The molecular formula is C25H18N4O3. The van der Waals surface area contributed by atoms with E-state index < -0.39 is 4.92 Å². The molecule has 0 bridgehead atoms. The zero-order valence-corrected chi connectivity index (χ0v) is 16.9. The Hall–Kier alpha value is -4.70. The Balaban J connectivity index is 1.63. The van der Waals surface area contributed by atoms with E-state index in [1.54, 1.807) is 18.2 Å². The molecule has 156 valence electrons. The Labute approximate surface area is 184 Å². The molecule has 0 unspecified atom stereocenters. The lowest BCUT2D eigenvalue weighted by Gasteiger charge is -2.11. The van der Waals surface area contributed by atoms with Gasteiger partial charge in [-0.2, -0.15) is 5.26 Å². The Morgan fingerprint density at radius 2 is 1.62 bits per heavy atom. The quantitative estimate of drug-likeness (QED) is 0.330. The molecule has 0 amide bonds. The van der Waals surface area contributed by atoms with Crippen molar-refractivity contribution in [2.45, 2.75) is 6.61 Å². The smallest absolute Gasteiger partial charge is 0.269 e. The van der Waals surface area contributed by atoms with Crippen molar-refractivity contribution in [2.75, 3.05) is 5.73 Å². The fraction of sp³-hybridized carbons (Fsp3) is 0.0400. The number of non-ortho nitro benzene ring substituents is 1. The first-order chi connectivity index (χ1) is 15.5. The van der Waals surface area contributed by atoms with Gasteiger partial charge in [0, 0.05) is 23.3 Å². The van der Waals surface area contributed by atoms with Crippen LogP contribution >= 0.6 is 0 Å². The summed E-state index contributed by atoms with van der Waals surface area (Å²) >= 11 is 0. The maximum Gasteiger partial charge on any atom is 0.269 e. The van der Waals surface area contributed by atoms with Crippen LogP contribution in [-0.2, 0) is 6.61 Å². The monoisotopic (exact) mass is 422 g/mol. The summed E-state index contributed by atoms with van der Waals surface area (Å²) < 4.78 is 5.83. The summed E-state index contributed by atoms with van der Waals surface area (Å²) in [5.41, 5.74) is 9.99. The molecule has 0 fully saturated rings. The fourth-order valence-corrected chi connectivity index (χ4v) is 3.28. The fourth-order valence-electron chi connectivity index (χ4n) is 3.28. The third-order valence-corrected chi connectivity index (χ3v) is 4.95. The van der Waals surface area contributed by atoms with Gasteiger partial charge in [-0.15, -0.1) is 0 Å². The van der Waals surface area contributed by atoms with Crippen molar-refractivity contribution in [2.24, 2.45) is 0 Å². The number of nitrogens with zero attached hydrogens (tertiary/aromatic N) is 3. The molecule has 1 aromatic heterocycles. The van der Waals surface area contributed by atoms with Gasteiger partial charge in [0.15, 0.2) is 0 Å². The highest BCUT2D eigenvalue weighted by atomic mass is 16.6. The molecule has 4 rings (SSSR count). The number of nitriles is 1. The van der Waals surface area contributed by atoms with Crippen molar-refractivity contribution < 1.29 is 9.66 Å². The van der Waals surface area contributed by atoms with Crippen LogP contribution < -0.4 is 10.5 Å². The van der Waals surface area contributed by atoms with Gasteiger partial charge in [0.2, 0.25) is 0 Å². The van der Waals surface area contributed by atoms with E-state index in [1.165, 1.54) is 12.1 Å². The number of benzene rings is 3. The van der Waals surface area contributed by atoms with E-state index in [-0.39, 0.29) is 17.1 Å². The van der Waals surface area contributed by atoms with Crippen molar-refractivity contribution in [3.63, 3.8) is 0 Å². The normalized spacial score (nSPS) is 10.3. The maximum absolute atomic E-state index is 10.9. The van der Waals surface area contributed by atoms with E-state index >= 15 is 0 Å². The summed E-state index contributed by atoms with van der Waals surface area (Å²) in [6.45, 7) is 0.454. The molecule has 0 atom stereocenters. The van der Waals surface area contributed by atoms with Gasteiger partial charge in [-0.25, -0.2) is 4.98 Å². The number of hydrogen-bond acceptors (Lipinski definition) is 6. The van der Waals surface area contributed by atoms with Crippen LogP contribution in [0.4, 0.5) is 11.5 Å². The minimum Gasteiger partial charge on any atom is -0.489 e. The number of aromatic nitrogens is 1. The Morgan fingerprint density at radius 3 is 2.25 bits per heavy atom. The molecule has 0 saturated heterocycles. The largest absolute Gasteiger partial charge is 0.489 e. The third kappa shape index (κ3) is 4.40. The van der Waals surface area contributed by atoms with Crippen molar-refractivity contribution in [1.29, 1.82) is 5.26 Å². The molecule has 0 aliphatic heterocycles. The summed E-state index contributed by atoms with van der Waals surface area (Å²) in [5.74, 6) is 0.802.